The average molecular weight is 326 g/mol. The molecule has 1 aromatic rings. The van der Waals surface area contributed by atoms with Gasteiger partial charge < -0.3 is 10.2 Å². The lowest BCUT2D eigenvalue weighted by Gasteiger charge is -2.35. The number of amides is 1. The number of nitrogens with one attached hydrogen (secondary N) is 1. The molecule has 1 atom stereocenters. The van der Waals surface area contributed by atoms with Gasteiger partial charge in [-0.2, -0.15) is 0 Å². The van der Waals surface area contributed by atoms with Crippen LogP contribution in [0.25, 0.3) is 0 Å². The summed E-state index contributed by atoms with van der Waals surface area (Å²) in [4.78, 5) is 14.5. The third-order valence-corrected chi connectivity index (χ3v) is 6.02. The molecular weight excluding hydrogens is 304 g/mol. The SMILES string of the molecule is CCC1CCCCN1C(=O)CSc1nnc(NC2CC2)s1. The number of hydrogen-bond acceptors (Lipinski definition) is 6. The van der Waals surface area contributed by atoms with Crippen LogP contribution in [0.4, 0.5) is 5.13 Å². The Balaban J connectivity index is 1.49. The molecule has 1 N–H and O–H groups in total. The summed E-state index contributed by atoms with van der Waals surface area (Å²) in [5, 5.41) is 12.5. The molecule has 0 bridgehead atoms. The first-order valence-corrected chi connectivity index (χ1v) is 9.58. The normalized spacial score (nSPS) is 22.3. The second-order valence-electron chi connectivity index (χ2n) is 5.73. The van der Waals surface area contributed by atoms with Crippen LogP contribution >= 0.6 is 23.1 Å². The number of rotatable bonds is 6. The number of hydrogen-bond donors (Lipinski definition) is 1. The van der Waals surface area contributed by atoms with Crippen LogP contribution in [-0.4, -0.2) is 45.4 Å². The molecule has 21 heavy (non-hydrogen) atoms. The van der Waals surface area contributed by atoms with Crippen molar-refractivity contribution in [3.05, 3.63) is 0 Å². The van der Waals surface area contributed by atoms with Gasteiger partial charge in [0.25, 0.3) is 0 Å². The summed E-state index contributed by atoms with van der Waals surface area (Å²) in [5.74, 6) is 0.729. The van der Waals surface area contributed by atoms with Crippen LogP contribution in [0.2, 0.25) is 0 Å². The molecule has 7 heteroatoms. The molecule has 3 rings (SSSR count). The Bertz CT molecular complexity index is 489. The van der Waals surface area contributed by atoms with Gasteiger partial charge in [-0.1, -0.05) is 30.0 Å². The molecule has 1 aliphatic heterocycles. The van der Waals surface area contributed by atoms with Gasteiger partial charge in [0.1, 0.15) is 0 Å². The van der Waals surface area contributed by atoms with E-state index >= 15 is 0 Å². The van der Waals surface area contributed by atoms with Gasteiger partial charge in [0, 0.05) is 18.6 Å². The summed E-state index contributed by atoms with van der Waals surface area (Å²) in [6.45, 7) is 3.09. The number of carbonyl (C=O) groups excluding carboxylic acids is 1. The highest BCUT2D eigenvalue weighted by atomic mass is 32.2. The van der Waals surface area contributed by atoms with Crippen LogP contribution in [0.1, 0.15) is 45.4 Å². The number of nitrogens with zero attached hydrogens (tertiary/aromatic N) is 3. The second-order valence-corrected chi connectivity index (χ2v) is 7.93. The Hall–Kier alpha value is -0.820. The minimum atomic E-state index is 0.249. The first kappa shape index (κ1) is 15.1. The van der Waals surface area contributed by atoms with Crippen LogP contribution in [0.15, 0.2) is 4.34 Å². The Morgan fingerprint density at radius 3 is 3.00 bits per heavy atom. The Kier molecular flexibility index (Phi) is 5.00. The third-order valence-electron chi connectivity index (χ3n) is 4.05. The third kappa shape index (κ3) is 4.10. The number of thioether (sulfide) groups is 1. The number of carbonyl (C=O) groups is 1. The van der Waals surface area contributed by atoms with E-state index in [4.69, 9.17) is 0 Å². The predicted molar refractivity (Wildman–Crippen MR) is 86.9 cm³/mol. The highest BCUT2D eigenvalue weighted by Gasteiger charge is 2.26. The van der Waals surface area contributed by atoms with Crippen molar-refractivity contribution >= 4 is 34.1 Å². The monoisotopic (exact) mass is 326 g/mol. The van der Waals surface area contributed by atoms with Crippen molar-refractivity contribution < 1.29 is 4.79 Å². The van der Waals surface area contributed by atoms with Crippen LogP contribution in [-0.2, 0) is 4.79 Å². The van der Waals surface area contributed by atoms with Crippen molar-refractivity contribution in [1.29, 1.82) is 0 Å². The van der Waals surface area contributed by atoms with Crippen molar-refractivity contribution in [2.24, 2.45) is 0 Å². The predicted octanol–water partition coefficient (Wildman–Crippen LogP) is 3.00. The molecule has 1 aromatic heterocycles. The molecule has 0 spiro atoms. The van der Waals surface area contributed by atoms with Gasteiger partial charge in [-0.15, -0.1) is 10.2 Å². The van der Waals surface area contributed by atoms with E-state index in [-0.39, 0.29) is 5.91 Å². The van der Waals surface area contributed by atoms with Gasteiger partial charge in [-0.25, -0.2) is 0 Å². The van der Waals surface area contributed by atoms with E-state index in [2.05, 4.69) is 27.3 Å². The van der Waals surface area contributed by atoms with Crippen molar-refractivity contribution in [3.8, 4) is 0 Å². The van der Waals surface area contributed by atoms with Gasteiger partial charge in [0.05, 0.1) is 5.75 Å². The fraction of sp³-hybridized carbons (Fsp3) is 0.786. The first-order chi connectivity index (χ1) is 10.3. The van der Waals surface area contributed by atoms with Crippen molar-refractivity contribution in [2.75, 3.05) is 17.6 Å². The fourth-order valence-electron chi connectivity index (χ4n) is 2.69. The number of anilines is 1. The van der Waals surface area contributed by atoms with Crippen molar-refractivity contribution in [2.45, 2.75) is 61.9 Å². The molecule has 1 saturated carbocycles. The number of aromatic nitrogens is 2. The largest absolute Gasteiger partial charge is 0.357 e. The van der Waals surface area contributed by atoms with E-state index in [1.807, 2.05) is 0 Å². The van der Waals surface area contributed by atoms with E-state index in [0.29, 0.717) is 17.8 Å². The van der Waals surface area contributed by atoms with Crippen molar-refractivity contribution in [3.63, 3.8) is 0 Å². The fourth-order valence-corrected chi connectivity index (χ4v) is 4.40. The first-order valence-electron chi connectivity index (χ1n) is 7.78. The van der Waals surface area contributed by atoms with E-state index in [9.17, 15) is 4.79 Å². The van der Waals surface area contributed by atoms with E-state index in [1.54, 1.807) is 11.3 Å². The van der Waals surface area contributed by atoms with E-state index in [0.717, 1.165) is 35.3 Å². The van der Waals surface area contributed by atoms with Gasteiger partial charge >= 0.3 is 0 Å². The zero-order chi connectivity index (χ0) is 14.7. The Morgan fingerprint density at radius 2 is 2.24 bits per heavy atom. The average Bonchev–Trinajstić information content (AvgIpc) is 3.21. The zero-order valence-electron chi connectivity index (χ0n) is 12.4. The minimum absolute atomic E-state index is 0.249. The lowest BCUT2D eigenvalue weighted by molar-refractivity contribution is -0.132. The van der Waals surface area contributed by atoms with Crippen LogP contribution < -0.4 is 5.32 Å². The molecule has 0 radical (unpaired) electrons. The van der Waals surface area contributed by atoms with E-state index < -0.39 is 0 Å². The maximum Gasteiger partial charge on any atom is 0.233 e. The molecule has 0 aromatic carbocycles. The molecular formula is C14H22N4OS2. The summed E-state index contributed by atoms with van der Waals surface area (Å²) >= 11 is 3.07. The van der Waals surface area contributed by atoms with Crippen LogP contribution in [0, 0.1) is 0 Å². The minimum Gasteiger partial charge on any atom is -0.357 e. The topological polar surface area (TPSA) is 58.1 Å². The second kappa shape index (κ2) is 6.96. The lowest BCUT2D eigenvalue weighted by atomic mass is 10.0. The molecule has 1 unspecified atom stereocenters. The van der Waals surface area contributed by atoms with E-state index in [1.165, 1.54) is 31.0 Å². The Morgan fingerprint density at radius 1 is 1.38 bits per heavy atom. The summed E-state index contributed by atoms with van der Waals surface area (Å²) in [5.41, 5.74) is 0. The molecule has 2 fully saturated rings. The summed E-state index contributed by atoms with van der Waals surface area (Å²) in [6.07, 6.45) is 7.07. The smallest absolute Gasteiger partial charge is 0.233 e. The molecule has 5 nitrogen and oxygen atoms in total. The van der Waals surface area contributed by atoms with Gasteiger partial charge in [-0.05, 0) is 38.5 Å². The highest BCUT2D eigenvalue weighted by molar-refractivity contribution is 8.01. The molecule has 1 amide bonds. The van der Waals surface area contributed by atoms with Gasteiger partial charge in [-0.3, -0.25) is 4.79 Å². The van der Waals surface area contributed by atoms with Crippen LogP contribution in [0.3, 0.4) is 0 Å². The lowest BCUT2D eigenvalue weighted by Crippen LogP contribution is -2.44. The number of likely N-dealkylation sites (tertiary alicyclic amines) is 1. The molecule has 1 aliphatic carbocycles. The molecule has 1 saturated heterocycles. The Labute approximate surface area is 133 Å². The summed E-state index contributed by atoms with van der Waals surface area (Å²) in [7, 11) is 0. The van der Waals surface area contributed by atoms with Crippen molar-refractivity contribution in [1.82, 2.24) is 15.1 Å². The maximum atomic E-state index is 12.4. The highest BCUT2D eigenvalue weighted by Crippen LogP contribution is 2.30. The zero-order valence-corrected chi connectivity index (χ0v) is 14.0. The number of piperidine rings is 1. The standard InChI is InChI=1S/C14H22N4OS2/c1-2-11-5-3-4-8-18(11)12(19)9-20-14-17-16-13(21-14)15-10-6-7-10/h10-11H,2-9H2,1H3,(H,15,16). The summed E-state index contributed by atoms with van der Waals surface area (Å²) < 4.78 is 0.886. The quantitative estimate of drug-likeness (QED) is 0.814. The molecule has 116 valence electrons. The van der Waals surface area contributed by atoms with Gasteiger partial charge in [0.15, 0.2) is 4.34 Å². The maximum absolute atomic E-state index is 12.4. The van der Waals surface area contributed by atoms with Gasteiger partial charge in [0.2, 0.25) is 11.0 Å². The molecule has 2 aliphatic rings. The molecule has 2 heterocycles. The summed E-state index contributed by atoms with van der Waals surface area (Å²) in [6, 6.07) is 1.03. The van der Waals surface area contributed by atoms with Crippen LogP contribution in [0.5, 0.6) is 0 Å².